The largest absolute Gasteiger partial charge is 0.390 e. The Hall–Kier alpha value is -0.620. The second kappa shape index (κ2) is 6.20. The molecule has 0 aliphatic carbocycles. The molecular formula is C11H16FNO2S. The third-order valence-electron chi connectivity index (χ3n) is 2.44. The van der Waals surface area contributed by atoms with Crippen LogP contribution in [0, 0.1) is 5.82 Å². The third-order valence-corrected chi connectivity index (χ3v) is 2.69. The number of aliphatic hydroxyl groups excluding tert-OH is 2. The zero-order valence-electron chi connectivity index (χ0n) is 8.81. The lowest BCUT2D eigenvalue weighted by Gasteiger charge is -2.20. The summed E-state index contributed by atoms with van der Waals surface area (Å²) >= 11 is 3.97. The van der Waals surface area contributed by atoms with Gasteiger partial charge in [0, 0.05) is 6.54 Å². The Morgan fingerprint density at radius 1 is 1.38 bits per heavy atom. The summed E-state index contributed by atoms with van der Waals surface area (Å²) in [6.07, 6.45) is -1.74. The second-order valence-electron chi connectivity index (χ2n) is 3.57. The first-order valence-electron chi connectivity index (χ1n) is 5.05. The van der Waals surface area contributed by atoms with Crippen LogP contribution in [0.2, 0.25) is 0 Å². The quantitative estimate of drug-likeness (QED) is 0.585. The Morgan fingerprint density at radius 2 is 2.06 bits per heavy atom. The molecule has 4 N–H and O–H groups in total. The van der Waals surface area contributed by atoms with Gasteiger partial charge in [-0.25, -0.2) is 4.39 Å². The normalized spacial score (nSPS) is 14.8. The van der Waals surface area contributed by atoms with Gasteiger partial charge in [0.15, 0.2) is 0 Å². The maximum absolute atomic E-state index is 13.0. The van der Waals surface area contributed by atoms with Crippen molar-refractivity contribution in [1.29, 1.82) is 0 Å². The van der Waals surface area contributed by atoms with Gasteiger partial charge in [-0.05, 0) is 35.4 Å². The molecule has 1 aromatic carbocycles. The van der Waals surface area contributed by atoms with E-state index in [1.807, 2.05) is 0 Å². The van der Waals surface area contributed by atoms with Crippen molar-refractivity contribution in [3.8, 4) is 0 Å². The predicted molar refractivity (Wildman–Crippen MR) is 63.7 cm³/mol. The topological polar surface area (TPSA) is 66.5 Å². The molecule has 3 nitrogen and oxygen atoms in total. The van der Waals surface area contributed by atoms with Crippen LogP contribution in [0.5, 0.6) is 0 Å². The van der Waals surface area contributed by atoms with E-state index in [2.05, 4.69) is 12.6 Å². The number of hydrogen-bond donors (Lipinski definition) is 4. The summed E-state index contributed by atoms with van der Waals surface area (Å²) in [5, 5.41) is 19.5. The van der Waals surface area contributed by atoms with E-state index in [0.29, 0.717) is 23.3 Å². The van der Waals surface area contributed by atoms with Crippen molar-refractivity contribution in [3.63, 3.8) is 0 Å². The van der Waals surface area contributed by atoms with Crippen molar-refractivity contribution >= 4 is 12.6 Å². The standard InChI is InChI=1S/C11H16FNO2S/c12-8-2-1-7(6-13)9(5-8)11(15)10(14)3-4-16/h1-2,5,10-11,14-16H,3-4,6,13H2. The van der Waals surface area contributed by atoms with Crippen LogP contribution in [-0.4, -0.2) is 22.1 Å². The number of thiol groups is 1. The molecule has 5 heteroatoms. The van der Waals surface area contributed by atoms with Gasteiger partial charge in [0.25, 0.3) is 0 Å². The van der Waals surface area contributed by atoms with Crippen molar-refractivity contribution in [3.05, 3.63) is 35.1 Å². The molecule has 0 fully saturated rings. The second-order valence-corrected chi connectivity index (χ2v) is 4.02. The van der Waals surface area contributed by atoms with Crippen LogP contribution >= 0.6 is 12.6 Å². The molecule has 90 valence electrons. The van der Waals surface area contributed by atoms with Crippen molar-refractivity contribution in [2.24, 2.45) is 5.73 Å². The fourth-order valence-corrected chi connectivity index (χ4v) is 1.79. The van der Waals surface area contributed by atoms with E-state index in [0.717, 1.165) is 0 Å². The number of rotatable bonds is 5. The molecule has 0 saturated heterocycles. The number of nitrogens with two attached hydrogens (primary N) is 1. The summed E-state index contributed by atoms with van der Waals surface area (Å²) in [6, 6.07) is 4.00. The number of benzene rings is 1. The zero-order valence-corrected chi connectivity index (χ0v) is 9.70. The minimum absolute atomic E-state index is 0.195. The molecule has 0 aliphatic rings. The average Bonchev–Trinajstić information content (AvgIpc) is 2.28. The molecule has 2 atom stereocenters. The van der Waals surface area contributed by atoms with Gasteiger partial charge in [-0.2, -0.15) is 12.6 Å². The highest BCUT2D eigenvalue weighted by atomic mass is 32.1. The summed E-state index contributed by atoms with van der Waals surface area (Å²) in [6.45, 7) is 0.195. The summed E-state index contributed by atoms with van der Waals surface area (Å²) in [5.74, 6) is -0.00443. The van der Waals surface area contributed by atoms with Crippen LogP contribution in [0.1, 0.15) is 23.7 Å². The molecule has 0 saturated carbocycles. The Bertz CT molecular complexity index is 349. The van der Waals surface area contributed by atoms with Gasteiger partial charge in [-0.1, -0.05) is 6.07 Å². The van der Waals surface area contributed by atoms with E-state index in [4.69, 9.17) is 5.73 Å². The highest BCUT2D eigenvalue weighted by molar-refractivity contribution is 7.80. The minimum Gasteiger partial charge on any atom is -0.390 e. The summed E-state index contributed by atoms with van der Waals surface area (Å²) in [7, 11) is 0. The highest BCUT2D eigenvalue weighted by Gasteiger charge is 2.20. The van der Waals surface area contributed by atoms with Gasteiger partial charge in [0.2, 0.25) is 0 Å². The molecule has 0 amide bonds. The lowest BCUT2D eigenvalue weighted by Crippen LogP contribution is -2.20. The molecule has 0 heterocycles. The molecule has 0 aliphatic heterocycles. The van der Waals surface area contributed by atoms with Crippen molar-refractivity contribution < 1.29 is 14.6 Å². The van der Waals surface area contributed by atoms with E-state index >= 15 is 0 Å². The van der Waals surface area contributed by atoms with Gasteiger partial charge in [-0.3, -0.25) is 0 Å². The lowest BCUT2D eigenvalue weighted by atomic mass is 9.97. The van der Waals surface area contributed by atoms with Crippen LogP contribution in [0.4, 0.5) is 4.39 Å². The van der Waals surface area contributed by atoms with Crippen LogP contribution in [0.15, 0.2) is 18.2 Å². The first kappa shape index (κ1) is 13.4. The Morgan fingerprint density at radius 3 is 2.62 bits per heavy atom. The lowest BCUT2D eigenvalue weighted by molar-refractivity contribution is 0.0166. The minimum atomic E-state index is -1.12. The Balaban J connectivity index is 2.96. The van der Waals surface area contributed by atoms with E-state index in [1.54, 1.807) is 0 Å². The Kier molecular flexibility index (Phi) is 5.21. The van der Waals surface area contributed by atoms with Crippen LogP contribution in [-0.2, 0) is 6.54 Å². The molecule has 0 spiro atoms. The summed E-state index contributed by atoms with van der Waals surface area (Å²) in [4.78, 5) is 0. The number of hydrogen-bond acceptors (Lipinski definition) is 4. The van der Waals surface area contributed by atoms with Crippen molar-refractivity contribution in [2.45, 2.75) is 25.2 Å². The van der Waals surface area contributed by atoms with E-state index in [1.165, 1.54) is 18.2 Å². The summed E-state index contributed by atoms with van der Waals surface area (Å²) in [5.41, 5.74) is 6.46. The fourth-order valence-electron chi connectivity index (χ4n) is 1.52. The van der Waals surface area contributed by atoms with Crippen molar-refractivity contribution in [2.75, 3.05) is 5.75 Å². The first-order chi connectivity index (χ1) is 7.60. The van der Waals surface area contributed by atoms with Gasteiger partial charge < -0.3 is 15.9 Å². The van der Waals surface area contributed by atoms with Crippen molar-refractivity contribution in [1.82, 2.24) is 0 Å². The van der Waals surface area contributed by atoms with Crippen LogP contribution in [0.25, 0.3) is 0 Å². The molecule has 2 unspecified atom stereocenters. The SMILES string of the molecule is NCc1ccc(F)cc1C(O)C(O)CCS. The third kappa shape index (κ3) is 3.18. The van der Waals surface area contributed by atoms with E-state index in [-0.39, 0.29) is 6.54 Å². The maximum atomic E-state index is 13.0. The highest BCUT2D eigenvalue weighted by Crippen LogP contribution is 2.23. The number of halogens is 1. The molecule has 0 radical (unpaired) electrons. The molecule has 0 bridgehead atoms. The average molecular weight is 245 g/mol. The molecule has 1 aromatic rings. The predicted octanol–water partition coefficient (Wildman–Crippen LogP) is 0.999. The van der Waals surface area contributed by atoms with Crippen LogP contribution in [0.3, 0.4) is 0 Å². The smallest absolute Gasteiger partial charge is 0.123 e. The van der Waals surface area contributed by atoms with E-state index in [9.17, 15) is 14.6 Å². The monoisotopic (exact) mass is 245 g/mol. The van der Waals surface area contributed by atoms with E-state index < -0.39 is 18.0 Å². The first-order valence-corrected chi connectivity index (χ1v) is 5.68. The van der Waals surface area contributed by atoms with Gasteiger partial charge >= 0.3 is 0 Å². The Labute approximate surface area is 99.5 Å². The zero-order chi connectivity index (χ0) is 12.1. The molecule has 0 aromatic heterocycles. The molecule has 1 rings (SSSR count). The summed E-state index contributed by atoms with van der Waals surface area (Å²) < 4.78 is 13.0. The fraction of sp³-hybridized carbons (Fsp3) is 0.455. The van der Waals surface area contributed by atoms with Gasteiger partial charge in [-0.15, -0.1) is 0 Å². The molecule has 16 heavy (non-hydrogen) atoms. The number of aliphatic hydroxyl groups is 2. The maximum Gasteiger partial charge on any atom is 0.123 e. The van der Waals surface area contributed by atoms with Crippen LogP contribution < -0.4 is 5.73 Å². The molecular weight excluding hydrogens is 229 g/mol. The van der Waals surface area contributed by atoms with Gasteiger partial charge in [0.1, 0.15) is 11.9 Å². The van der Waals surface area contributed by atoms with Gasteiger partial charge in [0.05, 0.1) is 6.10 Å².